The van der Waals surface area contributed by atoms with Gasteiger partial charge in [-0.3, -0.25) is 9.59 Å². The molecule has 0 bridgehead atoms. The van der Waals surface area contributed by atoms with Gasteiger partial charge in [0.05, 0.1) is 18.0 Å². The largest absolute Gasteiger partial charge is 0.495 e. The highest BCUT2D eigenvalue weighted by Gasteiger charge is 2.13. The number of H-pyrrole nitrogens is 1. The summed E-state index contributed by atoms with van der Waals surface area (Å²) < 4.78 is 6.31. The lowest BCUT2D eigenvalue weighted by atomic mass is 10.2. The minimum atomic E-state index is -0.687. The summed E-state index contributed by atoms with van der Waals surface area (Å²) in [5.74, 6) is -0.147. The summed E-state index contributed by atoms with van der Waals surface area (Å²) in [6, 6.07) is 6.53. The van der Waals surface area contributed by atoms with Crippen LogP contribution in [0.15, 0.2) is 29.1 Å². The predicted molar refractivity (Wildman–Crippen MR) is 68.4 cm³/mol. The van der Waals surface area contributed by atoms with Crippen LogP contribution >= 0.6 is 0 Å². The van der Waals surface area contributed by atoms with E-state index >= 15 is 0 Å². The van der Waals surface area contributed by atoms with E-state index in [0.717, 1.165) is 4.52 Å². The summed E-state index contributed by atoms with van der Waals surface area (Å²) >= 11 is 0. The van der Waals surface area contributed by atoms with Crippen LogP contribution in [0.5, 0.6) is 5.75 Å². The smallest absolute Gasteiger partial charge is 0.282 e. The van der Waals surface area contributed by atoms with Gasteiger partial charge in [-0.15, -0.1) is 0 Å². The molecule has 0 aliphatic carbocycles. The number of nitrogens with one attached hydrogen (secondary N) is 1. The minimum absolute atomic E-state index is 0.0302. The molecule has 7 heteroatoms. The summed E-state index contributed by atoms with van der Waals surface area (Å²) in [5.41, 5.74) is 5.79. The fraction of sp³-hybridized carbons (Fsp3) is 0.0833. The predicted octanol–water partition coefficient (Wildman–Crippen LogP) is 0.283. The maximum absolute atomic E-state index is 12.3. The highest BCUT2D eigenvalue weighted by atomic mass is 16.5. The van der Waals surface area contributed by atoms with Crippen molar-refractivity contribution in [3.63, 3.8) is 0 Å². The zero-order chi connectivity index (χ0) is 13.6. The lowest BCUT2D eigenvalue weighted by molar-refractivity contribution is 0.0995. The van der Waals surface area contributed by atoms with Crippen molar-refractivity contribution in [3.05, 3.63) is 40.3 Å². The molecule has 7 nitrogen and oxygen atoms in total. The molecule has 0 unspecified atom stereocenters. The zero-order valence-electron chi connectivity index (χ0n) is 10.0. The number of aromatic amines is 1. The molecule has 96 valence electrons. The van der Waals surface area contributed by atoms with E-state index in [4.69, 9.17) is 10.5 Å². The standard InChI is InChI=1S/C12H10N4O3/c1-19-8-4-2-3-6-10(8)14-9-5-7(11(13)17)15-16(9)12(6)18/h2-5,14H,1H3,(H2,13,17). The number of ether oxygens (including phenoxy) is 1. The molecule has 0 saturated heterocycles. The van der Waals surface area contributed by atoms with Crippen molar-refractivity contribution in [3.8, 4) is 5.75 Å². The summed E-state index contributed by atoms with van der Waals surface area (Å²) in [6.45, 7) is 0. The second kappa shape index (κ2) is 3.84. The second-order valence-electron chi connectivity index (χ2n) is 4.00. The molecule has 0 aliphatic heterocycles. The number of nitrogens with zero attached hydrogens (tertiary/aromatic N) is 2. The Morgan fingerprint density at radius 1 is 1.47 bits per heavy atom. The Hall–Kier alpha value is -2.83. The number of para-hydroxylation sites is 1. The lowest BCUT2D eigenvalue weighted by Gasteiger charge is -2.05. The van der Waals surface area contributed by atoms with Crippen LogP contribution in [0.25, 0.3) is 16.6 Å². The van der Waals surface area contributed by atoms with Crippen LogP contribution in [0.1, 0.15) is 10.5 Å². The first-order valence-electron chi connectivity index (χ1n) is 5.50. The molecule has 0 fully saturated rings. The van der Waals surface area contributed by atoms with Gasteiger partial charge in [-0.1, -0.05) is 6.07 Å². The molecular formula is C12H10N4O3. The number of rotatable bonds is 2. The minimum Gasteiger partial charge on any atom is -0.495 e. The molecule has 1 amide bonds. The SMILES string of the molecule is COc1cccc2c(=O)n3nc(C(N)=O)cc3[nH]c12. The summed E-state index contributed by atoms with van der Waals surface area (Å²) in [6.07, 6.45) is 0. The van der Waals surface area contributed by atoms with E-state index in [1.807, 2.05) is 0 Å². The fourth-order valence-electron chi connectivity index (χ4n) is 2.00. The average molecular weight is 258 g/mol. The van der Waals surface area contributed by atoms with Crippen LogP contribution < -0.4 is 16.0 Å². The first kappa shape index (κ1) is 11.3. The van der Waals surface area contributed by atoms with Gasteiger partial charge in [-0.2, -0.15) is 9.61 Å². The molecular weight excluding hydrogens is 248 g/mol. The number of amides is 1. The fourth-order valence-corrected chi connectivity index (χ4v) is 2.00. The lowest BCUT2D eigenvalue weighted by Crippen LogP contribution is -2.17. The third-order valence-electron chi connectivity index (χ3n) is 2.88. The van der Waals surface area contributed by atoms with Gasteiger partial charge in [0.15, 0.2) is 5.69 Å². The van der Waals surface area contributed by atoms with Crippen molar-refractivity contribution < 1.29 is 9.53 Å². The third-order valence-corrected chi connectivity index (χ3v) is 2.88. The van der Waals surface area contributed by atoms with E-state index in [0.29, 0.717) is 22.3 Å². The maximum atomic E-state index is 12.3. The molecule has 0 saturated carbocycles. The van der Waals surface area contributed by atoms with Gasteiger partial charge in [0.2, 0.25) is 0 Å². The molecule has 3 aromatic rings. The summed E-state index contributed by atoms with van der Waals surface area (Å²) in [5, 5.41) is 4.30. The van der Waals surface area contributed by atoms with E-state index in [1.165, 1.54) is 13.2 Å². The Kier molecular flexibility index (Phi) is 2.28. The molecule has 0 aliphatic rings. The summed E-state index contributed by atoms with van der Waals surface area (Å²) in [4.78, 5) is 26.4. The van der Waals surface area contributed by atoms with E-state index in [9.17, 15) is 9.59 Å². The van der Waals surface area contributed by atoms with E-state index in [-0.39, 0.29) is 11.3 Å². The number of carbonyl (C=O) groups is 1. The van der Waals surface area contributed by atoms with Gasteiger partial charge in [0, 0.05) is 6.07 Å². The van der Waals surface area contributed by atoms with Crippen molar-refractivity contribution in [1.29, 1.82) is 0 Å². The monoisotopic (exact) mass is 258 g/mol. The topological polar surface area (TPSA) is 102 Å². The number of hydrogen-bond acceptors (Lipinski definition) is 4. The molecule has 0 spiro atoms. The Morgan fingerprint density at radius 2 is 2.26 bits per heavy atom. The number of fused-ring (bicyclic) bond motifs is 2. The molecule has 1 aromatic carbocycles. The number of hydrogen-bond donors (Lipinski definition) is 2. The zero-order valence-corrected chi connectivity index (χ0v) is 10.0. The molecule has 0 radical (unpaired) electrons. The molecule has 3 N–H and O–H groups in total. The molecule has 19 heavy (non-hydrogen) atoms. The molecule has 0 atom stereocenters. The van der Waals surface area contributed by atoms with Crippen molar-refractivity contribution in [1.82, 2.24) is 14.6 Å². The van der Waals surface area contributed by atoms with Crippen LogP contribution in [-0.2, 0) is 0 Å². The highest BCUT2D eigenvalue weighted by Crippen LogP contribution is 2.21. The highest BCUT2D eigenvalue weighted by molar-refractivity contribution is 5.92. The van der Waals surface area contributed by atoms with Gasteiger partial charge < -0.3 is 15.5 Å². The van der Waals surface area contributed by atoms with Gasteiger partial charge in [-0.25, -0.2) is 0 Å². The number of benzene rings is 1. The quantitative estimate of drug-likeness (QED) is 0.689. The number of methoxy groups -OCH3 is 1. The third kappa shape index (κ3) is 1.55. The Balaban J connectivity index is 2.49. The number of aromatic nitrogens is 3. The van der Waals surface area contributed by atoms with Crippen molar-refractivity contribution in [2.45, 2.75) is 0 Å². The number of primary amides is 1. The Morgan fingerprint density at radius 3 is 2.95 bits per heavy atom. The van der Waals surface area contributed by atoms with Gasteiger partial charge in [0.1, 0.15) is 11.4 Å². The van der Waals surface area contributed by atoms with Crippen molar-refractivity contribution >= 4 is 22.5 Å². The second-order valence-corrected chi connectivity index (χ2v) is 4.00. The van der Waals surface area contributed by atoms with Crippen LogP contribution in [0.2, 0.25) is 0 Å². The normalized spacial score (nSPS) is 11.0. The van der Waals surface area contributed by atoms with Gasteiger partial charge in [-0.05, 0) is 12.1 Å². The molecule has 3 rings (SSSR count). The molecule has 2 heterocycles. The van der Waals surface area contributed by atoms with Gasteiger partial charge in [0.25, 0.3) is 11.5 Å². The van der Waals surface area contributed by atoms with Crippen LogP contribution in [-0.4, -0.2) is 27.6 Å². The van der Waals surface area contributed by atoms with Crippen LogP contribution in [0.4, 0.5) is 0 Å². The average Bonchev–Trinajstić information content (AvgIpc) is 2.83. The number of carbonyl (C=O) groups excluding carboxylic acids is 1. The van der Waals surface area contributed by atoms with Gasteiger partial charge >= 0.3 is 0 Å². The van der Waals surface area contributed by atoms with E-state index in [1.54, 1.807) is 18.2 Å². The van der Waals surface area contributed by atoms with Crippen LogP contribution in [0.3, 0.4) is 0 Å². The first-order chi connectivity index (χ1) is 9.11. The van der Waals surface area contributed by atoms with Crippen LogP contribution in [0, 0.1) is 0 Å². The summed E-state index contributed by atoms with van der Waals surface area (Å²) in [7, 11) is 1.52. The Labute approximate surface area is 106 Å². The number of nitrogens with two attached hydrogens (primary N) is 1. The van der Waals surface area contributed by atoms with E-state index < -0.39 is 5.91 Å². The molecule has 2 aromatic heterocycles. The Bertz CT molecular complexity index is 862. The van der Waals surface area contributed by atoms with Crippen molar-refractivity contribution in [2.24, 2.45) is 5.73 Å². The maximum Gasteiger partial charge on any atom is 0.282 e. The first-order valence-corrected chi connectivity index (χ1v) is 5.50. The van der Waals surface area contributed by atoms with E-state index in [2.05, 4.69) is 10.1 Å². The van der Waals surface area contributed by atoms with Crippen molar-refractivity contribution in [2.75, 3.05) is 7.11 Å².